The lowest BCUT2D eigenvalue weighted by atomic mass is 10.1. The van der Waals surface area contributed by atoms with Crippen LogP contribution < -0.4 is 0 Å². The monoisotopic (exact) mass is 590 g/mol. The predicted octanol–water partition coefficient (Wildman–Crippen LogP) is 12.2. The van der Waals surface area contributed by atoms with Crippen LogP contribution in [0.25, 0.3) is 0 Å². The van der Waals surface area contributed by atoms with Crippen molar-refractivity contribution < 1.29 is 0 Å². The van der Waals surface area contributed by atoms with E-state index in [2.05, 4.69) is 78.4 Å². The maximum atomic E-state index is 7.33. The molecule has 0 bridgehead atoms. The van der Waals surface area contributed by atoms with Gasteiger partial charge < -0.3 is 0 Å². The molecule has 2 unspecified atom stereocenters. The third-order valence-corrected chi connectivity index (χ3v) is 32.2. The topological polar surface area (TPSA) is 0 Å². The Morgan fingerprint density at radius 2 is 0.886 bits per heavy atom. The average Bonchev–Trinajstić information content (AvgIpc) is 3.23. The third-order valence-electron chi connectivity index (χ3n) is 8.91. The molecule has 0 saturated heterocycles. The minimum atomic E-state index is -1.78. The first-order chi connectivity index (χ1) is 16.1. The van der Waals surface area contributed by atoms with Gasteiger partial charge in [0.05, 0.1) is 16.1 Å². The van der Waals surface area contributed by atoms with Crippen LogP contribution in [-0.2, 0) is 0 Å². The van der Waals surface area contributed by atoms with Crippen LogP contribution in [0.1, 0.15) is 97.3 Å². The number of hydrogen-bond donors (Lipinski definition) is 0. The molecule has 0 N–H and O–H groups in total. The summed E-state index contributed by atoms with van der Waals surface area (Å²) in [5.41, 5.74) is 0. The van der Waals surface area contributed by atoms with Crippen LogP contribution in [0.4, 0.5) is 0 Å². The molecule has 2 atom stereocenters. The van der Waals surface area contributed by atoms with Gasteiger partial charge in [-0.25, -0.2) is 0 Å². The van der Waals surface area contributed by atoms with Crippen LogP contribution in [0.5, 0.6) is 0 Å². The van der Waals surface area contributed by atoms with Gasteiger partial charge in [-0.15, -0.1) is 0 Å². The Bertz CT molecular complexity index is 626. The Morgan fingerprint density at radius 1 is 0.571 bits per heavy atom. The Morgan fingerprint density at radius 3 is 1.17 bits per heavy atom. The molecule has 1 rings (SSSR count). The zero-order valence-corrected chi connectivity index (χ0v) is 30.8. The second-order valence-electron chi connectivity index (χ2n) is 13.6. The van der Waals surface area contributed by atoms with E-state index in [1.165, 1.54) is 77.0 Å². The standard InChI is InChI=1S/C29H60Cl2Si4/c1-11-13-15-17-19-24-28(34(7,8)30)32(3,4)26-22-21-23-27(26)33(5,6)29(35(9,10)31)25-20-18-16-14-12-2/h22-23,28-29H,11-21,24-25H2,1-10H3. The maximum absolute atomic E-state index is 7.33. The van der Waals surface area contributed by atoms with Crippen LogP contribution in [0.3, 0.4) is 0 Å². The van der Waals surface area contributed by atoms with Crippen molar-refractivity contribution in [1.82, 2.24) is 0 Å². The lowest BCUT2D eigenvalue weighted by Gasteiger charge is -2.46. The SMILES string of the molecule is CCCCCCCC([Si](C)(C)Cl)[Si](C)(C)C1=CCC=C1[Si](C)(C)C(CCCCCCC)[Si](C)(C)Cl. The Hall–Kier alpha value is 0.928. The van der Waals surface area contributed by atoms with Crippen molar-refractivity contribution in [2.75, 3.05) is 0 Å². The van der Waals surface area contributed by atoms with Gasteiger partial charge in [-0.3, -0.25) is 0 Å². The molecular formula is C29H60Cl2Si4. The van der Waals surface area contributed by atoms with Gasteiger partial charge in [0.15, 0.2) is 14.8 Å². The summed E-state index contributed by atoms with van der Waals surface area (Å²) in [5.74, 6) is 0. The van der Waals surface area contributed by atoms with E-state index in [9.17, 15) is 0 Å². The first kappa shape index (κ1) is 34.0. The lowest BCUT2D eigenvalue weighted by Crippen LogP contribution is -2.52. The summed E-state index contributed by atoms with van der Waals surface area (Å²) in [5, 5.41) is 5.06. The normalized spacial score (nSPS) is 17.4. The Labute approximate surface area is 234 Å². The van der Waals surface area contributed by atoms with Crippen molar-refractivity contribution in [2.45, 2.75) is 160 Å². The molecular weight excluding hydrogens is 532 g/mol. The maximum Gasteiger partial charge on any atom is 0.151 e. The number of hydrogen-bond acceptors (Lipinski definition) is 0. The van der Waals surface area contributed by atoms with Crippen LogP contribution in [0, 0.1) is 0 Å². The molecule has 1 aliphatic carbocycles. The summed E-state index contributed by atoms with van der Waals surface area (Å²) in [4.78, 5) is 0. The van der Waals surface area contributed by atoms with E-state index in [4.69, 9.17) is 22.2 Å². The molecule has 0 aromatic rings. The number of unbranched alkanes of at least 4 members (excludes halogenated alkanes) is 8. The molecule has 206 valence electrons. The van der Waals surface area contributed by atoms with Crippen molar-refractivity contribution in [3.8, 4) is 0 Å². The minimum absolute atomic E-state index is 0.740. The van der Waals surface area contributed by atoms with E-state index in [1.54, 1.807) is 10.4 Å². The second kappa shape index (κ2) is 14.9. The molecule has 0 nitrogen and oxygen atoms in total. The molecule has 6 heteroatoms. The zero-order chi connectivity index (χ0) is 26.9. The molecule has 0 spiro atoms. The number of rotatable bonds is 18. The van der Waals surface area contributed by atoms with Crippen molar-refractivity contribution in [3.05, 3.63) is 22.5 Å². The number of allylic oxidation sites excluding steroid dienone is 4. The van der Waals surface area contributed by atoms with E-state index >= 15 is 0 Å². The number of halogens is 2. The van der Waals surface area contributed by atoms with E-state index in [0.29, 0.717) is 0 Å². The van der Waals surface area contributed by atoms with Crippen LogP contribution in [-0.4, -0.2) is 30.9 Å². The Balaban J connectivity index is 3.16. The van der Waals surface area contributed by atoms with Crippen molar-refractivity contribution in [1.29, 1.82) is 0 Å². The van der Waals surface area contributed by atoms with Gasteiger partial charge in [0.2, 0.25) is 0 Å². The van der Waals surface area contributed by atoms with E-state index in [1.807, 2.05) is 0 Å². The molecule has 1 aliphatic rings. The zero-order valence-electron chi connectivity index (χ0n) is 25.3. The fourth-order valence-corrected chi connectivity index (χ4v) is 36.6. The van der Waals surface area contributed by atoms with Gasteiger partial charge in [-0.2, -0.15) is 22.2 Å². The molecule has 0 heterocycles. The van der Waals surface area contributed by atoms with Gasteiger partial charge in [-0.1, -0.05) is 166 Å². The average molecular weight is 592 g/mol. The van der Waals surface area contributed by atoms with Crippen LogP contribution in [0.15, 0.2) is 22.5 Å². The highest BCUT2D eigenvalue weighted by molar-refractivity contribution is 7.26. The largest absolute Gasteiger partial charge is 0.168 e. The van der Waals surface area contributed by atoms with Gasteiger partial charge in [0, 0.05) is 0 Å². The fourth-order valence-electron chi connectivity index (χ4n) is 7.14. The van der Waals surface area contributed by atoms with Crippen molar-refractivity contribution in [3.63, 3.8) is 0 Å². The fraction of sp³-hybridized carbons (Fsp3) is 0.862. The molecule has 0 aromatic carbocycles. The summed E-state index contributed by atoms with van der Waals surface area (Å²) in [7, 11) is -6.96. The van der Waals surface area contributed by atoms with E-state index < -0.39 is 30.9 Å². The molecule has 35 heavy (non-hydrogen) atoms. The highest BCUT2D eigenvalue weighted by Crippen LogP contribution is 2.51. The Kier molecular flexibility index (Phi) is 14.5. The molecule has 0 aromatic heterocycles. The van der Waals surface area contributed by atoms with Gasteiger partial charge in [0.25, 0.3) is 0 Å². The smallest absolute Gasteiger partial charge is 0.151 e. The predicted molar refractivity (Wildman–Crippen MR) is 177 cm³/mol. The van der Waals surface area contributed by atoms with Gasteiger partial charge >= 0.3 is 0 Å². The first-order valence-electron chi connectivity index (χ1n) is 14.9. The molecule has 0 aliphatic heterocycles. The highest BCUT2D eigenvalue weighted by Gasteiger charge is 2.51. The quantitative estimate of drug-likeness (QED) is 0.0845. The third kappa shape index (κ3) is 10.2. The molecule has 0 fully saturated rings. The van der Waals surface area contributed by atoms with Gasteiger partial charge in [0.1, 0.15) is 0 Å². The lowest BCUT2D eigenvalue weighted by molar-refractivity contribution is 0.613. The summed E-state index contributed by atoms with van der Waals surface area (Å²) in [6.07, 6.45) is 22.7. The summed E-state index contributed by atoms with van der Waals surface area (Å²) in [6.45, 7) is 25.0. The highest BCUT2D eigenvalue weighted by atomic mass is 35.6. The second-order valence-corrected chi connectivity index (χ2v) is 37.6. The van der Waals surface area contributed by atoms with Crippen molar-refractivity contribution >= 4 is 53.1 Å². The minimum Gasteiger partial charge on any atom is -0.168 e. The van der Waals surface area contributed by atoms with Crippen LogP contribution in [0.2, 0.25) is 62.7 Å². The van der Waals surface area contributed by atoms with Crippen LogP contribution >= 0.6 is 22.2 Å². The van der Waals surface area contributed by atoms with Crippen molar-refractivity contribution in [2.24, 2.45) is 0 Å². The molecule has 0 amide bonds. The van der Waals surface area contributed by atoms with E-state index in [0.717, 1.165) is 16.7 Å². The van der Waals surface area contributed by atoms with Gasteiger partial charge in [-0.05, 0) is 16.7 Å². The summed E-state index contributed by atoms with van der Waals surface area (Å²) < 4.78 is 0. The summed E-state index contributed by atoms with van der Waals surface area (Å²) in [6, 6.07) is 0. The van der Waals surface area contributed by atoms with E-state index in [-0.39, 0.29) is 0 Å². The molecule has 0 radical (unpaired) electrons. The first-order valence-corrected chi connectivity index (χ1v) is 29.2. The molecule has 0 saturated carbocycles. The summed E-state index contributed by atoms with van der Waals surface area (Å²) >= 11 is 14.7.